The van der Waals surface area contributed by atoms with Gasteiger partial charge in [0.25, 0.3) is 0 Å². The van der Waals surface area contributed by atoms with Crippen molar-refractivity contribution in [3.05, 3.63) is 24.3 Å². The predicted molar refractivity (Wildman–Crippen MR) is 63.6 cm³/mol. The Hall–Kier alpha value is 0.774. The summed E-state index contributed by atoms with van der Waals surface area (Å²) < 4.78 is 0. The molecule has 82 valence electrons. The first-order chi connectivity index (χ1) is 6.33. The van der Waals surface area contributed by atoms with Crippen LogP contribution in [0, 0.1) is 6.08 Å². The van der Waals surface area contributed by atoms with E-state index in [0.717, 1.165) is 31.0 Å². The van der Waals surface area contributed by atoms with E-state index in [0.29, 0.717) is 0 Å². The van der Waals surface area contributed by atoms with Gasteiger partial charge in [-0.05, 0) is 12.8 Å². The van der Waals surface area contributed by atoms with Gasteiger partial charge in [-0.3, -0.25) is 6.08 Å². The minimum atomic E-state index is 0. The van der Waals surface area contributed by atoms with Crippen molar-refractivity contribution in [1.82, 2.24) is 0 Å². The molecule has 0 aromatic heterocycles. The zero-order valence-corrected chi connectivity index (χ0v) is 12.1. The number of halogens is 2. The number of alkyl halides is 2. The fourth-order valence-electron chi connectivity index (χ4n) is 0.340. The zero-order valence-electron chi connectivity index (χ0n) is 9.02. The molecule has 1 aliphatic carbocycles. The van der Waals surface area contributed by atoms with E-state index < -0.39 is 0 Å². The Morgan fingerprint density at radius 2 is 1.57 bits per heavy atom. The molecule has 0 heterocycles. The largest absolute Gasteiger partial charge is 0.273 e. The third-order valence-corrected chi connectivity index (χ3v) is 1.72. The summed E-state index contributed by atoms with van der Waals surface area (Å²) in [7, 11) is 0. The molecule has 14 heavy (non-hydrogen) atoms. The quantitative estimate of drug-likeness (QED) is 0.391. The Morgan fingerprint density at radius 1 is 1.14 bits per heavy atom. The molecule has 0 bridgehead atoms. The second-order valence-electron chi connectivity index (χ2n) is 2.38. The minimum Gasteiger partial charge on any atom is -0.273 e. The first kappa shape index (κ1) is 20.2. The van der Waals surface area contributed by atoms with E-state index in [1.54, 1.807) is 0 Å². The van der Waals surface area contributed by atoms with Crippen molar-refractivity contribution in [2.45, 2.75) is 33.1 Å². The maximum Gasteiger partial charge on any atom is 0.0220 e. The third-order valence-electron chi connectivity index (χ3n) is 0.964. The first-order valence-electron chi connectivity index (χ1n) is 4.67. The zero-order chi connectivity index (χ0) is 10.4. The average Bonchev–Trinajstić information content (AvgIpc) is 2.76. The fourth-order valence-corrected chi connectivity index (χ4v) is 0.340. The van der Waals surface area contributed by atoms with E-state index in [9.17, 15) is 0 Å². The maximum absolute atomic E-state index is 5.19. The third kappa shape index (κ3) is 29.3. The molecule has 0 saturated heterocycles. The van der Waals surface area contributed by atoms with E-state index in [2.05, 4.69) is 12.2 Å². The second-order valence-corrected chi connectivity index (χ2v) is 3.14. The van der Waals surface area contributed by atoms with Gasteiger partial charge in [-0.15, -0.1) is 29.6 Å². The van der Waals surface area contributed by atoms with Gasteiger partial charge in [-0.1, -0.05) is 13.8 Å². The van der Waals surface area contributed by atoms with E-state index in [4.69, 9.17) is 23.2 Å². The fraction of sp³-hybridized carbons (Fsp3) is 0.636. The van der Waals surface area contributed by atoms with Gasteiger partial charge < -0.3 is 0 Å². The molecule has 0 amide bonds. The van der Waals surface area contributed by atoms with Crippen molar-refractivity contribution in [3.8, 4) is 0 Å². The van der Waals surface area contributed by atoms with Gasteiger partial charge in [-0.2, -0.15) is 6.08 Å². The molecule has 1 rings (SSSR count). The Bertz CT molecular complexity index is 104. The van der Waals surface area contributed by atoms with E-state index in [-0.39, 0.29) is 21.7 Å². The van der Waals surface area contributed by atoms with Crippen molar-refractivity contribution in [2.75, 3.05) is 11.8 Å². The normalized spacial score (nSPS) is 10.6. The minimum absolute atomic E-state index is 0. The molecule has 0 atom stereocenters. The van der Waals surface area contributed by atoms with Gasteiger partial charge in [0.15, 0.2) is 0 Å². The number of allylic oxidation sites excluding steroid dienone is 4. The van der Waals surface area contributed by atoms with E-state index in [1.807, 2.05) is 26.0 Å². The summed E-state index contributed by atoms with van der Waals surface area (Å²) in [5.74, 6) is 1.58. The van der Waals surface area contributed by atoms with Crippen LogP contribution in [0.1, 0.15) is 33.1 Å². The smallest absolute Gasteiger partial charge is 0.0220 e. The van der Waals surface area contributed by atoms with Crippen LogP contribution in [0.4, 0.5) is 0 Å². The van der Waals surface area contributed by atoms with Gasteiger partial charge in [0.05, 0.1) is 0 Å². The van der Waals surface area contributed by atoms with Crippen LogP contribution in [0.15, 0.2) is 18.2 Å². The molecule has 0 unspecified atom stereocenters. The van der Waals surface area contributed by atoms with Crippen molar-refractivity contribution >= 4 is 23.2 Å². The Kier molecular flexibility index (Phi) is 34.0. The molecular formula is C11H19Cl2Ti-. The summed E-state index contributed by atoms with van der Waals surface area (Å²) in [5, 5.41) is 0. The van der Waals surface area contributed by atoms with Crippen molar-refractivity contribution in [2.24, 2.45) is 0 Å². The second kappa shape index (κ2) is 23.5. The Labute approximate surface area is 114 Å². The summed E-state index contributed by atoms with van der Waals surface area (Å²) in [5.41, 5.74) is 0. The van der Waals surface area contributed by atoms with Gasteiger partial charge in [0, 0.05) is 33.5 Å². The molecule has 0 nitrogen and oxygen atoms in total. The molecule has 0 saturated carbocycles. The van der Waals surface area contributed by atoms with Crippen LogP contribution in [-0.4, -0.2) is 11.8 Å². The molecule has 1 aliphatic rings. The molecule has 0 aliphatic heterocycles. The summed E-state index contributed by atoms with van der Waals surface area (Å²) in [6.07, 6.45) is 12.2. The summed E-state index contributed by atoms with van der Waals surface area (Å²) in [4.78, 5) is 0. The van der Waals surface area contributed by atoms with Gasteiger partial charge in [-0.25, -0.2) is 12.2 Å². The van der Waals surface area contributed by atoms with Crippen LogP contribution in [0.5, 0.6) is 0 Å². The maximum atomic E-state index is 5.19. The SMILES string of the molecule is CCCCl.CCCCl.[C-]1=CC=CC1.[Ti]. The number of hydrogen-bond acceptors (Lipinski definition) is 0. The monoisotopic (exact) mass is 269 g/mol. The molecule has 0 fully saturated rings. The molecule has 0 spiro atoms. The Balaban J connectivity index is -0.000000127. The topological polar surface area (TPSA) is 0 Å². The first-order valence-corrected chi connectivity index (χ1v) is 5.73. The molecular weight excluding hydrogens is 251 g/mol. The molecule has 0 aromatic rings. The number of hydrogen-bond donors (Lipinski definition) is 0. The predicted octanol–water partition coefficient (Wildman–Crippen LogP) is 4.57. The van der Waals surface area contributed by atoms with Crippen LogP contribution in [0.3, 0.4) is 0 Å². The van der Waals surface area contributed by atoms with Crippen LogP contribution in [-0.2, 0) is 21.7 Å². The molecule has 0 aromatic carbocycles. The average molecular weight is 270 g/mol. The standard InChI is InChI=1S/C5H5.2C3H7Cl.Ti/c1-2-4-5-3-1;2*1-2-3-4;/h1-3H,4H2;2*2-3H2,1H3;/q-1;;;. The van der Waals surface area contributed by atoms with E-state index in [1.165, 1.54) is 0 Å². The number of rotatable bonds is 2. The van der Waals surface area contributed by atoms with Gasteiger partial charge in [0.2, 0.25) is 0 Å². The molecule has 0 N–H and O–H groups in total. The Morgan fingerprint density at radius 3 is 1.64 bits per heavy atom. The summed E-state index contributed by atoms with van der Waals surface area (Å²) >= 11 is 10.4. The van der Waals surface area contributed by atoms with Crippen molar-refractivity contribution in [3.63, 3.8) is 0 Å². The van der Waals surface area contributed by atoms with Crippen LogP contribution < -0.4 is 0 Å². The van der Waals surface area contributed by atoms with Gasteiger partial charge >= 0.3 is 0 Å². The van der Waals surface area contributed by atoms with E-state index >= 15 is 0 Å². The van der Waals surface area contributed by atoms with Crippen LogP contribution in [0.2, 0.25) is 0 Å². The van der Waals surface area contributed by atoms with Crippen LogP contribution >= 0.6 is 23.2 Å². The summed E-state index contributed by atoms with van der Waals surface area (Å²) in [6, 6.07) is 0. The van der Waals surface area contributed by atoms with Crippen LogP contribution in [0.25, 0.3) is 0 Å². The van der Waals surface area contributed by atoms with Gasteiger partial charge in [0.1, 0.15) is 0 Å². The summed E-state index contributed by atoms with van der Waals surface area (Å²) in [6.45, 7) is 4.10. The van der Waals surface area contributed by atoms with Crippen molar-refractivity contribution < 1.29 is 21.7 Å². The molecule has 3 heteroatoms. The van der Waals surface area contributed by atoms with Crippen molar-refractivity contribution in [1.29, 1.82) is 0 Å². The molecule has 0 radical (unpaired) electrons.